The van der Waals surface area contributed by atoms with Crippen LogP contribution >= 0.6 is 11.6 Å². The van der Waals surface area contributed by atoms with Crippen molar-refractivity contribution in [1.82, 2.24) is 4.31 Å². The number of hydrogen-bond acceptors (Lipinski definition) is 3. The van der Waals surface area contributed by atoms with Crippen molar-refractivity contribution in [3.05, 3.63) is 58.6 Å². The van der Waals surface area contributed by atoms with Crippen LogP contribution in [0, 0.1) is 0 Å². The molecule has 28 heavy (non-hydrogen) atoms. The maximum Gasteiger partial charge on any atom is 0.243 e. The van der Waals surface area contributed by atoms with Crippen LogP contribution in [0.5, 0.6) is 0 Å². The Hall–Kier alpha value is -1.89. The molecule has 1 amide bonds. The van der Waals surface area contributed by atoms with E-state index in [2.05, 4.69) is 5.32 Å². The van der Waals surface area contributed by atoms with E-state index >= 15 is 0 Å². The molecule has 2 aromatic carbocycles. The van der Waals surface area contributed by atoms with Gasteiger partial charge in [0.2, 0.25) is 15.9 Å². The smallest absolute Gasteiger partial charge is 0.243 e. The number of halogens is 1. The topological polar surface area (TPSA) is 66.5 Å². The molecular formula is C21H25ClN2O3S. The summed E-state index contributed by atoms with van der Waals surface area (Å²) < 4.78 is 27.4. The standard InChI is InChI=1S/C21H25ClN2O3S/c1-3-15-7-5-8-16(4-2)20(15)23-21(25)19-9-6-14-24(19)28(26,27)18-12-10-17(22)11-13-18/h5,7-8,10-13,19H,3-4,6,9,14H2,1-2H3,(H,23,25)/t19-/m1/s1. The van der Waals surface area contributed by atoms with Crippen molar-refractivity contribution < 1.29 is 13.2 Å². The first kappa shape index (κ1) is 20.8. The van der Waals surface area contributed by atoms with E-state index in [9.17, 15) is 13.2 Å². The highest BCUT2D eigenvalue weighted by molar-refractivity contribution is 7.89. The van der Waals surface area contributed by atoms with Gasteiger partial charge in [0.25, 0.3) is 0 Å². The molecule has 7 heteroatoms. The normalized spacial score (nSPS) is 17.6. The molecule has 0 radical (unpaired) electrons. The lowest BCUT2D eigenvalue weighted by atomic mass is 10.0. The molecule has 3 rings (SSSR count). The van der Waals surface area contributed by atoms with E-state index in [4.69, 9.17) is 11.6 Å². The van der Waals surface area contributed by atoms with E-state index in [-0.39, 0.29) is 10.8 Å². The van der Waals surface area contributed by atoms with Gasteiger partial charge in [-0.1, -0.05) is 43.6 Å². The van der Waals surface area contributed by atoms with Crippen LogP contribution in [0.4, 0.5) is 5.69 Å². The number of aryl methyl sites for hydroxylation is 2. The molecule has 1 aliphatic heterocycles. The van der Waals surface area contributed by atoms with E-state index < -0.39 is 16.1 Å². The number of carbonyl (C=O) groups is 1. The molecule has 150 valence electrons. The number of benzene rings is 2. The van der Waals surface area contributed by atoms with Crippen LogP contribution in [-0.4, -0.2) is 31.2 Å². The SMILES string of the molecule is CCc1cccc(CC)c1NC(=O)[C@H]1CCCN1S(=O)(=O)c1ccc(Cl)cc1. The number of hydrogen-bond donors (Lipinski definition) is 1. The highest BCUT2D eigenvalue weighted by Gasteiger charge is 2.39. The predicted octanol–water partition coefficient (Wildman–Crippen LogP) is 4.26. The van der Waals surface area contributed by atoms with Gasteiger partial charge in [-0.3, -0.25) is 4.79 Å². The summed E-state index contributed by atoms with van der Waals surface area (Å²) in [6, 6.07) is 11.3. The summed E-state index contributed by atoms with van der Waals surface area (Å²) in [7, 11) is -3.76. The first-order valence-corrected chi connectivity index (χ1v) is 11.4. The average Bonchev–Trinajstić information content (AvgIpc) is 3.19. The maximum atomic E-state index is 13.1. The lowest BCUT2D eigenvalue weighted by Crippen LogP contribution is -2.43. The van der Waals surface area contributed by atoms with Crippen LogP contribution < -0.4 is 5.32 Å². The van der Waals surface area contributed by atoms with Crippen molar-refractivity contribution in [3.63, 3.8) is 0 Å². The molecule has 1 aliphatic rings. The zero-order valence-corrected chi connectivity index (χ0v) is 17.7. The highest BCUT2D eigenvalue weighted by atomic mass is 35.5. The molecule has 5 nitrogen and oxygen atoms in total. The Morgan fingerprint density at radius 3 is 2.29 bits per heavy atom. The summed E-state index contributed by atoms with van der Waals surface area (Å²) >= 11 is 5.88. The molecule has 0 spiro atoms. The van der Waals surface area contributed by atoms with Gasteiger partial charge in [-0.15, -0.1) is 0 Å². The largest absolute Gasteiger partial charge is 0.324 e. The van der Waals surface area contributed by atoms with Crippen LogP contribution in [0.2, 0.25) is 5.02 Å². The summed E-state index contributed by atoms with van der Waals surface area (Å²) in [5.41, 5.74) is 2.92. The van der Waals surface area contributed by atoms with Gasteiger partial charge >= 0.3 is 0 Å². The second-order valence-electron chi connectivity index (χ2n) is 6.88. The minimum absolute atomic E-state index is 0.153. The molecule has 0 unspecified atom stereocenters. The lowest BCUT2D eigenvalue weighted by Gasteiger charge is -2.24. The minimum Gasteiger partial charge on any atom is -0.324 e. The highest BCUT2D eigenvalue weighted by Crippen LogP contribution is 2.29. The van der Waals surface area contributed by atoms with Gasteiger partial charge < -0.3 is 5.32 Å². The molecule has 1 fully saturated rings. The average molecular weight is 421 g/mol. The third kappa shape index (κ3) is 4.09. The second-order valence-corrected chi connectivity index (χ2v) is 9.20. The van der Waals surface area contributed by atoms with Crippen LogP contribution in [0.15, 0.2) is 47.4 Å². The van der Waals surface area contributed by atoms with E-state index in [1.807, 2.05) is 32.0 Å². The molecule has 0 aromatic heterocycles. The van der Waals surface area contributed by atoms with Gasteiger partial charge in [-0.2, -0.15) is 4.31 Å². The number of carbonyl (C=O) groups excluding carboxylic acids is 1. The van der Waals surface area contributed by atoms with Gasteiger partial charge in [-0.25, -0.2) is 8.42 Å². The fourth-order valence-corrected chi connectivity index (χ4v) is 5.42. The Kier molecular flexibility index (Phi) is 6.43. The molecule has 0 saturated carbocycles. The van der Waals surface area contributed by atoms with E-state index in [0.717, 1.165) is 29.7 Å². The summed E-state index contributed by atoms with van der Waals surface area (Å²) in [5, 5.41) is 3.49. The fraction of sp³-hybridized carbons (Fsp3) is 0.381. The number of sulfonamides is 1. The third-order valence-electron chi connectivity index (χ3n) is 5.17. The molecule has 1 atom stereocenters. The molecular weight excluding hydrogens is 396 g/mol. The van der Waals surface area contributed by atoms with Crippen molar-refractivity contribution in [2.24, 2.45) is 0 Å². The van der Waals surface area contributed by atoms with E-state index in [1.165, 1.54) is 16.4 Å². The Bertz CT molecular complexity index is 936. The zero-order chi connectivity index (χ0) is 20.3. The van der Waals surface area contributed by atoms with Crippen LogP contribution in [-0.2, 0) is 27.7 Å². The molecule has 0 bridgehead atoms. The summed E-state index contributed by atoms with van der Waals surface area (Å²) in [5.74, 6) is -0.273. The molecule has 1 N–H and O–H groups in total. The van der Waals surface area contributed by atoms with Crippen LogP contribution in [0.25, 0.3) is 0 Å². The summed E-state index contributed by atoms with van der Waals surface area (Å²) in [6.07, 6.45) is 2.75. The lowest BCUT2D eigenvalue weighted by molar-refractivity contribution is -0.119. The van der Waals surface area contributed by atoms with Crippen LogP contribution in [0.3, 0.4) is 0 Å². The quantitative estimate of drug-likeness (QED) is 0.759. The Labute approximate surface area is 171 Å². The van der Waals surface area contributed by atoms with Crippen LogP contribution in [0.1, 0.15) is 37.8 Å². The van der Waals surface area contributed by atoms with E-state index in [0.29, 0.717) is 24.4 Å². The van der Waals surface area contributed by atoms with Crippen molar-refractivity contribution in [2.45, 2.75) is 50.5 Å². The van der Waals surface area contributed by atoms with E-state index in [1.54, 1.807) is 12.1 Å². The van der Waals surface area contributed by atoms with Gasteiger partial charge in [0.15, 0.2) is 0 Å². The Morgan fingerprint density at radius 1 is 1.11 bits per heavy atom. The fourth-order valence-electron chi connectivity index (χ4n) is 3.64. The number of nitrogens with zero attached hydrogens (tertiary/aromatic N) is 1. The monoisotopic (exact) mass is 420 g/mol. The van der Waals surface area contributed by atoms with Crippen molar-refractivity contribution >= 4 is 33.2 Å². The first-order valence-electron chi connectivity index (χ1n) is 9.57. The van der Waals surface area contributed by atoms with Gasteiger partial charge in [0.05, 0.1) is 4.90 Å². The molecule has 1 heterocycles. The third-order valence-corrected chi connectivity index (χ3v) is 7.35. The number of amides is 1. The van der Waals surface area contributed by atoms with Crippen molar-refractivity contribution in [3.8, 4) is 0 Å². The predicted molar refractivity (Wildman–Crippen MR) is 112 cm³/mol. The number of anilines is 1. The number of rotatable bonds is 6. The Balaban J connectivity index is 1.87. The maximum absolute atomic E-state index is 13.1. The summed E-state index contributed by atoms with van der Waals surface area (Å²) in [4.78, 5) is 13.2. The van der Waals surface area contributed by atoms with Crippen molar-refractivity contribution in [2.75, 3.05) is 11.9 Å². The molecule has 1 saturated heterocycles. The number of nitrogens with one attached hydrogen (secondary N) is 1. The minimum atomic E-state index is -3.76. The Morgan fingerprint density at radius 2 is 1.71 bits per heavy atom. The molecule has 2 aromatic rings. The first-order chi connectivity index (χ1) is 13.4. The zero-order valence-electron chi connectivity index (χ0n) is 16.1. The van der Waals surface area contributed by atoms with Gasteiger partial charge in [0.1, 0.15) is 6.04 Å². The van der Waals surface area contributed by atoms with Gasteiger partial charge in [-0.05, 0) is 61.1 Å². The van der Waals surface area contributed by atoms with Crippen molar-refractivity contribution in [1.29, 1.82) is 0 Å². The molecule has 0 aliphatic carbocycles. The summed E-state index contributed by atoms with van der Waals surface area (Å²) in [6.45, 7) is 4.41. The number of para-hydroxylation sites is 1. The van der Waals surface area contributed by atoms with Gasteiger partial charge in [0, 0.05) is 17.3 Å². The second kappa shape index (κ2) is 8.64.